The monoisotopic (exact) mass is 317 g/mol. The number of benzene rings is 1. The molecular weight excluding hydrogens is 290 g/mol. The van der Waals surface area contributed by atoms with Crippen LogP contribution in [0, 0.1) is 0 Å². The van der Waals surface area contributed by atoms with E-state index in [1.807, 2.05) is 43.9 Å². The van der Waals surface area contributed by atoms with E-state index in [0.717, 1.165) is 44.4 Å². The summed E-state index contributed by atoms with van der Waals surface area (Å²) >= 11 is 0. The molecule has 2 saturated heterocycles. The largest absolute Gasteiger partial charge is 0.444 e. The molecule has 2 heterocycles. The molecule has 0 bridgehead atoms. The van der Waals surface area contributed by atoms with Crippen LogP contribution in [-0.4, -0.2) is 35.3 Å². The zero-order valence-corrected chi connectivity index (χ0v) is 14.4. The highest BCUT2D eigenvalue weighted by Gasteiger charge is 2.50. The van der Waals surface area contributed by atoms with Gasteiger partial charge in [0.25, 0.3) is 0 Å². The average molecular weight is 317 g/mol. The highest BCUT2D eigenvalue weighted by atomic mass is 16.6. The molecule has 1 amide bonds. The molecule has 2 fully saturated rings. The molecule has 2 atom stereocenters. The minimum absolute atomic E-state index is 0.0604. The van der Waals surface area contributed by atoms with E-state index in [4.69, 9.17) is 9.47 Å². The van der Waals surface area contributed by atoms with Gasteiger partial charge >= 0.3 is 6.09 Å². The smallest absolute Gasteiger partial charge is 0.410 e. The average Bonchev–Trinajstić information content (AvgIpc) is 2.95. The summed E-state index contributed by atoms with van der Waals surface area (Å²) in [4.78, 5) is 14.7. The maximum absolute atomic E-state index is 12.8. The Balaban J connectivity index is 1.95. The van der Waals surface area contributed by atoms with Gasteiger partial charge in [0.05, 0.1) is 11.6 Å². The summed E-state index contributed by atoms with van der Waals surface area (Å²) in [6, 6.07) is 10.2. The van der Waals surface area contributed by atoms with E-state index in [2.05, 4.69) is 12.1 Å². The van der Waals surface area contributed by atoms with Crippen molar-refractivity contribution < 1.29 is 14.3 Å². The lowest BCUT2D eigenvalue weighted by Crippen LogP contribution is -2.53. The zero-order valence-electron chi connectivity index (χ0n) is 14.4. The molecule has 23 heavy (non-hydrogen) atoms. The Morgan fingerprint density at radius 1 is 1.22 bits per heavy atom. The summed E-state index contributed by atoms with van der Waals surface area (Å²) < 4.78 is 11.9. The maximum Gasteiger partial charge on any atom is 0.410 e. The van der Waals surface area contributed by atoms with Crippen LogP contribution < -0.4 is 0 Å². The normalized spacial score (nSPS) is 28.1. The van der Waals surface area contributed by atoms with Crippen molar-refractivity contribution in [3.63, 3.8) is 0 Å². The van der Waals surface area contributed by atoms with Crippen molar-refractivity contribution in [1.82, 2.24) is 4.90 Å². The second kappa shape index (κ2) is 6.16. The molecule has 0 radical (unpaired) electrons. The molecule has 4 nitrogen and oxygen atoms in total. The van der Waals surface area contributed by atoms with Crippen molar-refractivity contribution in [2.45, 2.75) is 63.7 Å². The predicted octanol–water partition coefficient (Wildman–Crippen LogP) is 4.31. The van der Waals surface area contributed by atoms with Gasteiger partial charge < -0.3 is 9.47 Å². The summed E-state index contributed by atoms with van der Waals surface area (Å²) in [5.74, 6) is 0. The van der Waals surface area contributed by atoms with Gasteiger partial charge in [-0.2, -0.15) is 0 Å². The molecule has 1 spiro atoms. The number of amides is 1. The van der Waals surface area contributed by atoms with E-state index < -0.39 is 5.60 Å². The first-order valence-corrected chi connectivity index (χ1v) is 8.60. The highest BCUT2D eigenvalue weighted by molar-refractivity contribution is 5.69. The Bertz CT molecular complexity index is 543. The quantitative estimate of drug-likeness (QED) is 0.775. The molecule has 1 aromatic carbocycles. The van der Waals surface area contributed by atoms with E-state index in [1.165, 1.54) is 0 Å². The fourth-order valence-electron chi connectivity index (χ4n) is 3.87. The molecule has 2 unspecified atom stereocenters. The van der Waals surface area contributed by atoms with Gasteiger partial charge in [-0.1, -0.05) is 30.3 Å². The summed E-state index contributed by atoms with van der Waals surface area (Å²) in [5, 5.41) is 0. The molecule has 0 saturated carbocycles. The molecule has 2 aliphatic rings. The Hall–Kier alpha value is -1.55. The van der Waals surface area contributed by atoms with Crippen LogP contribution in [0.1, 0.15) is 58.1 Å². The Labute approximate surface area is 138 Å². The van der Waals surface area contributed by atoms with Gasteiger partial charge in [0.1, 0.15) is 5.60 Å². The Morgan fingerprint density at radius 3 is 2.52 bits per heavy atom. The second-order valence-corrected chi connectivity index (χ2v) is 7.61. The third kappa shape index (κ3) is 3.37. The number of rotatable bonds is 1. The van der Waals surface area contributed by atoms with Crippen molar-refractivity contribution in [3.8, 4) is 0 Å². The van der Waals surface area contributed by atoms with Gasteiger partial charge in [0.15, 0.2) is 0 Å². The van der Waals surface area contributed by atoms with E-state index in [0.29, 0.717) is 0 Å². The summed E-state index contributed by atoms with van der Waals surface area (Å²) in [6.07, 6.45) is 3.80. The van der Waals surface area contributed by atoms with E-state index in [1.54, 1.807) is 0 Å². The third-order valence-corrected chi connectivity index (χ3v) is 4.69. The van der Waals surface area contributed by atoms with Crippen LogP contribution in [0.4, 0.5) is 4.79 Å². The zero-order chi connectivity index (χ0) is 16.5. The van der Waals surface area contributed by atoms with Crippen molar-refractivity contribution in [3.05, 3.63) is 35.9 Å². The SMILES string of the molecule is CC(C)(C)OC(=O)N1CCCC2(CCCO2)C1c1ccccc1. The first kappa shape index (κ1) is 16.3. The molecule has 0 N–H and O–H groups in total. The van der Waals surface area contributed by atoms with Crippen molar-refractivity contribution >= 4 is 6.09 Å². The Kier molecular flexibility index (Phi) is 4.37. The summed E-state index contributed by atoms with van der Waals surface area (Å²) in [6.45, 7) is 7.24. The molecule has 2 aliphatic heterocycles. The van der Waals surface area contributed by atoms with Crippen molar-refractivity contribution in [1.29, 1.82) is 0 Å². The minimum Gasteiger partial charge on any atom is -0.444 e. The van der Waals surface area contributed by atoms with Crippen LogP contribution >= 0.6 is 0 Å². The number of ether oxygens (including phenoxy) is 2. The number of hydrogen-bond donors (Lipinski definition) is 0. The standard InChI is InChI=1S/C19H27NO3/c1-18(2,3)23-17(21)20-13-7-11-19(12-8-14-22-19)16(20)15-9-5-4-6-10-15/h4-6,9-10,16H,7-8,11-14H2,1-3H3. The van der Waals surface area contributed by atoms with Crippen LogP contribution in [0.2, 0.25) is 0 Å². The fraction of sp³-hybridized carbons (Fsp3) is 0.632. The number of carbonyl (C=O) groups excluding carboxylic acids is 1. The van der Waals surface area contributed by atoms with E-state index in [9.17, 15) is 4.79 Å². The molecule has 0 aliphatic carbocycles. The third-order valence-electron chi connectivity index (χ3n) is 4.69. The van der Waals surface area contributed by atoms with Crippen molar-refractivity contribution in [2.24, 2.45) is 0 Å². The molecule has 3 rings (SSSR count). The first-order chi connectivity index (χ1) is 10.9. The maximum atomic E-state index is 12.8. The topological polar surface area (TPSA) is 38.8 Å². The van der Waals surface area contributed by atoms with Gasteiger partial charge in [0.2, 0.25) is 0 Å². The van der Waals surface area contributed by atoms with E-state index in [-0.39, 0.29) is 17.7 Å². The van der Waals surface area contributed by atoms with Crippen LogP contribution in [-0.2, 0) is 9.47 Å². The number of nitrogens with zero attached hydrogens (tertiary/aromatic N) is 1. The number of piperidine rings is 1. The van der Waals surface area contributed by atoms with Gasteiger partial charge in [-0.3, -0.25) is 4.90 Å². The highest BCUT2D eigenvalue weighted by Crippen LogP contribution is 2.47. The lowest BCUT2D eigenvalue weighted by atomic mass is 9.79. The Morgan fingerprint density at radius 2 is 1.91 bits per heavy atom. The molecule has 126 valence electrons. The number of hydrogen-bond acceptors (Lipinski definition) is 3. The van der Waals surface area contributed by atoms with Gasteiger partial charge in [-0.05, 0) is 52.0 Å². The lowest BCUT2D eigenvalue weighted by molar-refractivity contribution is -0.0980. The van der Waals surface area contributed by atoms with Crippen molar-refractivity contribution in [2.75, 3.05) is 13.2 Å². The van der Waals surface area contributed by atoms with E-state index >= 15 is 0 Å². The molecular formula is C19H27NO3. The van der Waals surface area contributed by atoms with Gasteiger partial charge in [-0.15, -0.1) is 0 Å². The number of likely N-dealkylation sites (tertiary alicyclic amines) is 1. The minimum atomic E-state index is -0.487. The first-order valence-electron chi connectivity index (χ1n) is 8.60. The lowest BCUT2D eigenvalue weighted by Gasteiger charge is -2.47. The molecule has 1 aromatic rings. The van der Waals surface area contributed by atoms with Crippen LogP contribution in [0.5, 0.6) is 0 Å². The number of carbonyl (C=O) groups is 1. The van der Waals surface area contributed by atoms with Gasteiger partial charge in [0, 0.05) is 13.2 Å². The van der Waals surface area contributed by atoms with Crippen LogP contribution in [0.15, 0.2) is 30.3 Å². The second-order valence-electron chi connectivity index (χ2n) is 7.61. The summed E-state index contributed by atoms with van der Waals surface area (Å²) in [5.41, 5.74) is 0.399. The van der Waals surface area contributed by atoms with Gasteiger partial charge in [-0.25, -0.2) is 4.79 Å². The molecule has 0 aromatic heterocycles. The fourth-order valence-corrected chi connectivity index (χ4v) is 3.87. The summed E-state index contributed by atoms with van der Waals surface area (Å²) in [7, 11) is 0. The van der Waals surface area contributed by atoms with Crippen LogP contribution in [0.3, 0.4) is 0 Å². The van der Waals surface area contributed by atoms with Crippen LogP contribution in [0.25, 0.3) is 0 Å². The molecule has 4 heteroatoms. The predicted molar refractivity (Wildman–Crippen MR) is 89.3 cm³/mol.